The minimum Gasteiger partial charge on any atom is -0.288 e. The van der Waals surface area contributed by atoms with Gasteiger partial charge in [-0.25, -0.2) is 0 Å². The van der Waals surface area contributed by atoms with Gasteiger partial charge in [-0.15, -0.1) is 0 Å². The monoisotopic (exact) mass is 314 g/mol. The highest BCUT2D eigenvalue weighted by Crippen LogP contribution is 2.17. The Morgan fingerprint density at radius 3 is 2.50 bits per heavy atom. The second kappa shape index (κ2) is 6.66. The predicted molar refractivity (Wildman–Crippen MR) is 91.1 cm³/mol. The van der Waals surface area contributed by atoms with Gasteiger partial charge in [0.1, 0.15) is 5.57 Å². The Morgan fingerprint density at radius 1 is 1.18 bits per heavy atom. The molecule has 0 atom stereocenters. The van der Waals surface area contributed by atoms with E-state index in [4.69, 9.17) is 12.2 Å². The highest BCUT2D eigenvalue weighted by molar-refractivity contribution is 7.80. The summed E-state index contributed by atoms with van der Waals surface area (Å²) in [6, 6.07) is 7.90. The van der Waals surface area contributed by atoms with Crippen LogP contribution in [0.1, 0.15) is 18.1 Å². The summed E-state index contributed by atoms with van der Waals surface area (Å²) in [7, 11) is 1.58. The molecule has 4 nitrogen and oxygen atoms in total. The Kier molecular flexibility index (Phi) is 4.88. The van der Waals surface area contributed by atoms with Gasteiger partial charge in [-0.2, -0.15) is 0 Å². The lowest BCUT2D eigenvalue weighted by atomic mass is 10.1. The van der Waals surface area contributed by atoms with Crippen LogP contribution in [0.25, 0.3) is 6.08 Å². The SMILES string of the molecule is CCN1C(=O)C(=CC=Cc2ccccc2C)C(=O)N(C)C1=S. The molecule has 0 unspecified atom stereocenters. The molecule has 0 N–H and O–H groups in total. The number of benzene rings is 1. The number of amides is 2. The summed E-state index contributed by atoms with van der Waals surface area (Å²) >= 11 is 5.13. The maximum atomic E-state index is 12.3. The average Bonchev–Trinajstić information content (AvgIpc) is 2.51. The van der Waals surface area contributed by atoms with E-state index in [9.17, 15) is 9.59 Å². The van der Waals surface area contributed by atoms with E-state index in [-0.39, 0.29) is 22.5 Å². The Morgan fingerprint density at radius 2 is 1.86 bits per heavy atom. The fourth-order valence-corrected chi connectivity index (χ4v) is 2.51. The van der Waals surface area contributed by atoms with Crippen molar-refractivity contribution in [1.29, 1.82) is 0 Å². The van der Waals surface area contributed by atoms with Crippen LogP contribution < -0.4 is 0 Å². The first-order chi connectivity index (χ1) is 10.5. The van der Waals surface area contributed by atoms with Gasteiger partial charge in [0.15, 0.2) is 5.11 Å². The molecule has 1 aromatic carbocycles. The first-order valence-corrected chi connectivity index (χ1v) is 7.46. The van der Waals surface area contributed by atoms with Gasteiger partial charge in [0.25, 0.3) is 11.8 Å². The molecule has 1 aromatic rings. The predicted octanol–water partition coefficient (Wildman–Crippen LogP) is 2.54. The molecular weight excluding hydrogens is 296 g/mol. The van der Waals surface area contributed by atoms with Crippen LogP contribution >= 0.6 is 12.2 Å². The molecule has 1 saturated heterocycles. The Bertz CT molecular complexity index is 692. The lowest BCUT2D eigenvalue weighted by molar-refractivity contribution is -0.133. The topological polar surface area (TPSA) is 40.6 Å². The molecule has 0 aromatic heterocycles. The van der Waals surface area contributed by atoms with E-state index in [1.807, 2.05) is 44.2 Å². The number of rotatable bonds is 3. The van der Waals surface area contributed by atoms with Crippen LogP contribution in [-0.4, -0.2) is 40.3 Å². The van der Waals surface area contributed by atoms with Crippen LogP contribution in [0.3, 0.4) is 0 Å². The van der Waals surface area contributed by atoms with Crippen LogP contribution in [0.4, 0.5) is 0 Å². The molecule has 0 spiro atoms. The number of likely N-dealkylation sites (N-methyl/N-ethyl adjacent to an activating group) is 2. The fraction of sp³-hybridized carbons (Fsp3) is 0.235. The molecule has 0 saturated carbocycles. The van der Waals surface area contributed by atoms with Gasteiger partial charge in [-0.3, -0.25) is 19.4 Å². The van der Waals surface area contributed by atoms with Crippen molar-refractivity contribution < 1.29 is 9.59 Å². The Labute approximate surface area is 135 Å². The quantitative estimate of drug-likeness (QED) is 0.489. The second-order valence-electron chi connectivity index (χ2n) is 4.99. The van der Waals surface area contributed by atoms with Gasteiger partial charge >= 0.3 is 0 Å². The normalized spacial score (nSPS) is 18.0. The zero-order valence-corrected chi connectivity index (χ0v) is 13.7. The second-order valence-corrected chi connectivity index (χ2v) is 5.36. The number of aryl methyl sites for hydroxylation is 1. The average molecular weight is 314 g/mol. The van der Waals surface area contributed by atoms with Gasteiger partial charge in [0.2, 0.25) is 0 Å². The summed E-state index contributed by atoms with van der Waals surface area (Å²) in [5.74, 6) is -0.709. The van der Waals surface area contributed by atoms with Crippen molar-refractivity contribution >= 4 is 35.2 Å². The van der Waals surface area contributed by atoms with Gasteiger partial charge in [0.05, 0.1) is 0 Å². The minimum atomic E-state index is -0.367. The van der Waals surface area contributed by atoms with Crippen molar-refractivity contribution in [3.63, 3.8) is 0 Å². The summed E-state index contributed by atoms with van der Waals surface area (Å²) in [5.41, 5.74) is 2.31. The van der Waals surface area contributed by atoms with Crippen LogP contribution in [0.5, 0.6) is 0 Å². The molecule has 114 valence electrons. The van der Waals surface area contributed by atoms with E-state index in [0.717, 1.165) is 11.1 Å². The Balaban J connectivity index is 2.30. The molecule has 5 heteroatoms. The Hall–Kier alpha value is -2.27. The number of carbonyl (C=O) groups is 2. The zero-order chi connectivity index (χ0) is 16.3. The molecule has 1 fully saturated rings. The molecule has 22 heavy (non-hydrogen) atoms. The van der Waals surface area contributed by atoms with Gasteiger partial charge in [-0.1, -0.05) is 36.4 Å². The molecule has 0 bridgehead atoms. The van der Waals surface area contributed by atoms with Crippen molar-refractivity contribution in [2.45, 2.75) is 13.8 Å². The first kappa shape index (κ1) is 16.1. The number of thiocarbonyl (C=S) groups is 1. The lowest BCUT2D eigenvalue weighted by Gasteiger charge is -2.33. The smallest absolute Gasteiger partial charge is 0.265 e. The van der Waals surface area contributed by atoms with E-state index >= 15 is 0 Å². The summed E-state index contributed by atoms with van der Waals surface area (Å²) in [4.78, 5) is 27.3. The van der Waals surface area contributed by atoms with Crippen molar-refractivity contribution in [1.82, 2.24) is 9.80 Å². The highest BCUT2D eigenvalue weighted by Gasteiger charge is 2.36. The van der Waals surface area contributed by atoms with Gasteiger partial charge in [-0.05, 0) is 43.3 Å². The van der Waals surface area contributed by atoms with Crippen LogP contribution in [-0.2, 0) is 9.59 Å². The van der Waals surface area contributed by atoms with Crippen molar-refractivity contribution in [3.05, 3.63) is 53.1 Å². The molecule has 0 radical (unpaired) electrons. The fourth-order valence-electron chi connectivity index (χ4n) is 2.22. The van der Waals surface area contributed by atoms with Crippen molar-refractivity contribution in [3.8, 4) is 0 Å². The van der Waals surface area contributed by atoms with Gasteiger partial charge in [0, 0.05) is 13.6 Å². The number of carbonyl (C=O) groups excluding carboxylic acids is 2. The molecular formula is C17H18N2O2S. The van der Waals surface area contributed by atoms with Crippen LogP contribution in [0.2, 0.25) is 0 Å². The third kappa shape index (κ3) is 2.99. The number of hydrogen-bond donors (Lipinski definition) is 0. The number of nitrogens with zero attached hydrogens (tertiary/aromatic N) is 2. The molecule has 1 aliphatic rings. The molecule has 0 aliphatic carbocycles. The summed E-state index contributed by atoms with van der Waals surface area (Å²) in [5, 5.41) is 0.248. The maximum absolute atomic E-state index is 12.3. The standard InChI is InChI=1S/C17H18N2O2S/c1-4-19-16(21)14(15(20)18(3)17(19)22)11-7-10-13-9-6-5-8-12(13)2/h5-11H,4H2,1-3H3. The van der Waals surface area contributed by atoms with Crippen LogP contribution in [0.15, 0.2) is 42.0 Å². The number of hydrogen-bond acceptors (Lipinski definition) is 3. The third-order valence-corrected chi connectivity index (χ3v) is 4.07. The third-order valence-electron chi connectivity index (χ3n) is 3.57. The van der Waals surface area contributed by atoms with E-state index in [2.05, 4.69) is 0 Å². The molecule has 1 heterocycles. The largest absolute Gasteiger partial charge is 0.288 e. The van der Waals surface area contributed by atoms with Crippen LogP contribution in [0, 0.1) is 6.92 Å². The summed E-state index contributed by atoms with van der Waals surface area (Å²) < 4.78 is 0. The minimum absolute atomic E-state index is 0.128. The summed E-state index contributed by atoms with van der Waals surface area (Å²) in [6.45, 7) is 4.28. The summed E-state index contributed by atoms with van der Waals surface area (Å²) in [6.07, 6.45) is 5.16. The highest BCUT2D eigenvalue weighted by atomic mass is 32.1. The number of allylic oxidation sites excluding steroid dienone is 2. The molecule has 2 rings (SSSR count). The first-order valence-electron chi connectivity index (χ1n) is 7.05. The van der Waals surface area contributed by atoms with E-state index < -0.39 is 0 Å². The van der Waals surface area contributed by atoms with Crippen molar-refractivity contribution in [2.24, 2.45) is 0 Å². The van der Waals surface area contributed by atoms with Gasteiger partial charge < -0.3 is 0 Å². The molecule has 1 aliphatic heterocycles. The zero-order valence-electron chi connectivity index (χ0n) is 12.9. The van der Waals surface area contributed by atoms with E-state index in [1.165, 1.54) is 9.80 Å². The van der Waals surface area contributed by atoms with E-state index in [1.54, 1.807) is 19.2 Å². The lowest BCUT2D eigenvalue weighted by Crippen LogP contribution is -2.54. The maximum Gasteiger partial charge on any atom is 0.265 e. The van der Waals surface area contributed by atoms with E-state index in [0.29, 0.717) is 6.54 Å². The van der Waals surface area contributed by atoms with Crippen molar-refractivity contribution in [2.75, 3.05) is 13.6 Å². The molecule has 2 amide bonds.